The first-order chi connectivity index (χ1) is 10.9. The quantitative estimate of drug-likeness (QED) is 0.861. The van der Waals surface area contributed by atoms with Crippen molar-refractivity contribution in [2.24, 2.45) is 11.3 Å². The standard InChI is InChI=1S/C16H22N2O4S/c1-2-23(21,22)18-10-14-9-17(8-13-6-4-3-5-7-13)11-16(14,12-18)15(19)20/h3-7,14H,2,8-12H2,1H3,(H,19,20)/t14-,16-/m0/s1. The zero-order chi connectivity index (χ0) is 16.7. The minimum absolute atomic E-state index is 0.0170. The number of likely N-dealkylation sites (tertiary alicyclic amines) is 1. The zero-order valence-corrected chi connectivity index (χ0v) is 14.0. The number of nitrogens with zero attached hydrogens (tertiary/aromatic N) is 2. The van der Waals surface area contributed by atoms with Crippen LogP contribution in [0.2, 0.25) is 0 Å². The van der Waals surface area contributed by atoms with Gasteiger partial charge in [-0.15, -0.1) is 0 Å². The summed E-state index contributed by atoms with van der Waals surface area (Å²) in [5, 5.41) is 9.77. The summed E-state index contributed by atoms with van der Waals surface area (Å²) in [5.74, 6) is -1.01. The topological polar surface area (TPSA) is 77.9 Å². The summed E-state index contributed by atoms with van der Waals surface area (Å²) in [6, 6.07) is 9.93. The van der Waals surface area contributed by atoms with E-state index in [1.165, 1.54) is 4.31 Å². The fraction of sp³-hybridized carbons (Fsp3) is 0.562. The van der Waals surface area contributed by atoms with Crippen molar-refractivity contribution in [3.63, 3.8) is 0 Å². The largest absolute Gasteiger partial charge is 0.481 e. The summed E-state index contributed by atoms with van der Waals surface area (Å²) >= 11 is 0. The molecule has 0 saturated carbocycles. The number of hydrogen-bond acceptors (Lipinski definition) is 4. The van der Waals surface area contributed by atoms with Gasteiger partial charge in [0, 0.05) is 38.6 Å². The van der Waals surface area contributed by atoms with Crippen LogP contribution in [0.25, 0.3) is 0 Å². The molecule has 2 atom stereocenters. The average Bonchev–Trinajstić information content (AvgIpc) is 3.03. The van der Waals surface area contributed by atoms with E-state index in [1.54, 1.807) is 6.92 Å². The van der Waals surface area contributed by atoms with Crippen molar-refractivity contribution in [3.8, 4) is 0 Å². The summed E-state index contributed by atoms with van der Waals surface area (Å²) in [6.07, 6.45) is 0. The van der Waals surface area contributed by atoms with Crippen LogP contribution in [0.5, 0.6) is 0 Å². The lowest BCUT2D eigenvalue weighted by Gasteiger charge is -2.25. The van der Waals surface area contributed by atoms with Crippen LogP contribution in [0, 0.1) is 11.3 Å². The molecule has 0 bridgehead atoms. The van der Waals surface area contributed by atoms with Crippen molar-refractivity contribution in [3.05, 3.63) is 35.9 Å². The Bertz CT molecular complexity index is 691. The molecule has 0 aromatic heterocycles. The van der Waals surface area contributed by atoms with Crippen LogP contribution in [0.1, 0.15) is 12.5 Å². The van der Waals surface area contributed by atoms with Crippen molar-refractivity contribution < 1.29 is 18.3 Å². The molecule has 0 unspecified atom stereocenters. The predicted molar refractivity (Wildman–Crippen MR) is 86.3 cm³/mol. The molecular weight excluding hydrogens is 316 g/mol. The van der Waals surface area contributed by atoms with Gasteiger partial charge < -0.3 is 5.11 Å². The van der Waals surface area contributed by atoms with E-state index in [2.05, 4.69) is 4.90 Å². The summed E-state index contributed by atoms with van der Waals surface area (Å²) in [7, 11) is -3.34. The summed E-state index contributed by atoms with van der Waals surface area (Å²) < 4.78 is 25.5. The van der Waals surface area contributed by atoms with Gasteiger partial charge in [-0.25, -0.2) is 12.7 Å². The Hall–Kier alpha value is -1.44. The first kappa shape index (κ1) is 16.4. The molecule has 2 aliphatic rings. The Morgan fingerprint density at radius 1 is 1.26 bits per heavy atom. The Balaban J connectivity index is 1.78. The van der Waals surface area contributed by atoms with Crippen molar-refractivity contribution >= 4 is 16.0 Å². The molecule has 2 saturated heterocycles. The molecule has 0 amide bonds. The van der Waals surface area contributed by atoms with Gasteiger partial charge >= 0.3 is 5.97 Å². The maximum absolute atomic E-state index is 12.1. The number of rotatable bonds is 5. The number of sulfonamides is 1. The third-order valence-electron chi connectivity index (χ3n) is 5.08. The Morgan fingerprint density at radius 3 is 2.52 bits per heavy atom. The van der Waals surface area contributed by atoms with Crippen LogP contribution in [0.15, 0.2) is 30.3 Å². The highest BCUT2D eigenvalue weighted by atomic mass is 32.2. The van der Waals surface area contributed by atoms with Crippen molar-refractivity contribution in [1.29, 1.82) is 0 Å². The molecule has 23 heavy (non-hydrogen) atoms. The molecule has 0 aliphatic carbocycles. The second-order valence-corrected chi connectivity index (χ2v) is 8.76. The van der Waals surface area contributed by atoms with E-state index >= 15 is 0 Å². The van der Waals surface area contributed by atoms with E-state index in [0.29, 0.717) is 26.2 Å². The van der Waals surface area contributed by atoms with E-state index in [0.717, 1.165) is 5.56 Å². The van der Waals surface area contributed by atoms with Crippen LogP contribution in [-0.2, 0) is 21.4 Å². The second-order valence-electron chi connectivity index (χ2n) is 6.51. The van der Waals surface area contributed by atoms with Crippen molar-refractivity contribution in [2.45, 2.75) is 13.5 Å². The fourth-order valence-corrected chi connectivity index (χ4v) is 4.98. The van der Waals surface area contributed by atoms with Crippen LogP contribution in [-0.4, -0.2) is 60.6 Å². The molecule has 1 aromatic carbocycles. The van der Waals surface area contributed by atoms with Gasteiger partial charge in [0.15, 0.2) is 0 Å². The smallest absolute Gasteiger partial charge is 0.312 e. The lowest BCUT2D eigenvalue weighted by atomic mass is 9.81. The molecular formula is C16H22N2O4S. The number of carbonyl (C=O) groups is 1. The van der Waals surface area contributed by atoms with Gasteiger partial charge in [-0.1, -0.05) is 30.3 Å². The monoisotopic (exact) mass is 338 g/mol. The van der Waals surface area contributed by atoms with E-state index in [4.69, 9.17) is 0 Å². The van der Waals surface area contributed by atoms with Gasteiger partial charge in [0.2, 0.25) is 10.0 Å². The Morgan fingerprint density at radius 2 is 1.96 bits per heavy atom. The van der Waals surface area contributed by atoms with Gasteiger partial charge in [0.05, 0.1) is 11.2 Å². The molecule has 0 radical (unpaired) electrons. The number of hydrogen-bond donors (Lipinski definition) is 1. The molecule has 1 N–H and O–H groups in total. The van der Waals surface area contributed by atoms with Gasteiger partial charge in [0.1, 0.15) is 0 Å². The number of benzene rings is 1. The first-order valence-electron chi connectivity index (χ1n) is 7.85. The lowest BCUT2D eigenvalue weighted by Crippen LogP contribution is -2.42. The summed E-state index contributed by atoms with van der Waals surface area (Å²) in [5.41, 5.74) is 0.169. The lowest BCUT2D eigenvalue weighted by molar-refractivity contribution is -0.148. The van der Waals surface area contributed by atoms with Crippen molar-refractivity contribution in [1.82, 2.24) is 9.21 Å². The highest BCUT2D eigenvalue weighted by molar-refractivity contribution is 7.89. The van der Waals surface area contributed by atoms with E-state index in [1.807, 2.05) is 30.3 Å². The second kappa shape index (κ2) is 5.89. The average molecular weight is 338 g/mol. The highest BCUT2D eigenvalue weighted by Gasteiger charge is 2.59. The minimum atomic E-state index is -3.34. The third kappa shape index (κ3) is 2.88. The first-order valence-corrected chi connectivity index (χ1v) is 9.46. The molecule has 1 aromatic rings. The molecule has 2 fully saturated rings. The third-order valence-corrected chi connectivity index (χ3v) is 6.88. The van der Waals surface area contributed by atoms with Crippen LogP contribution in [0.4, 0.5) is 0 Å². The summed E-state index contributed by atoms with van der Waals surface area (Å²) in [6.45, 7) is 3.72. The molecule has 2 heterocycles. The maximum atomic E-state index is 12.1. The molecule has 7 heteroatoms. The van der Waals surface area contributed by atoms with Gasteiger partial charge in [-0.2, -0.15) is 0 Å². The Labute approximate surface area is 136 Å². The maximum Gasteiger partial charge on any atom is 0.312 e. The van der Waals surface area contributed by atoms with E-state index in [-0.39, 0.29) is 18.2 Å². The minimum Gasteiger partial charge on any atom is -0.481 e. The number of carboxylic acid groups (broad SMARTS) is 1. The Kier molecular flexibility index (Phi) is 4.20. The van der Waals surface area contributed by atoms with Crippen molar-refractivity contribution in [2.75, 3.05) is 31.9 Å². The highest BCUT2D eigenvalue weighted by Crippen LogP contribution is 2.44. The number of aliphatic carboxylic acids is 1. The molecule has 0 spiro atoms. The van der Waals surface area contributed by atoms with E-state index in [9.17, 15) is 18.3 Å². The van der Waals surface area contributed by atoms with Crippen LogP contribution < -0.4 is 0 Å². The fourth-order valence-electron chi connectivity index (χ4n) is 3.78. The SMILES string of the molecule is CCS(=O)(=O)N1C[C@@H]2CN(Cc3ccccc3)C[C@]2(C(=O)O)C1. The number of fused-ring (bicyclic) bond motifs is 1. The van der Waals surface area contributed by atoms with Gasteiger partial charge in [0.25, 0.3) is 0 Å². The molecule has 6 nitrogen and oxygen atoms in total. The van der Waals surface area contributed by atoms with E-state index < -0.39 is 21.4 Å². The normalized spacial score (nSPS) is 28.8. The van der Waals surface area contributed by atoms with Gasteiger partial charge in [-0.3, -0.25) is 9.69 Å². The summed E-state index contributed by atoms with van der Waals surface area (Å²) in [4.78, 5) is 14.0. The zero-order valence-electron chi connectivity index (χ0n) is 13.2. The van der Waals surface area contributed by atoms with Crippen LogP contribution >= 0.6 is 0 Å². The molecule has 126 valence electrons. The number of carboxylic acids is 1. The van der Waals surface area contributed by atoms with Crippen LogP contribution in [0.3, 0.4) is 0 Å². The molecule has 2 aliphatic heterocycles. The van der Waals surface area contributed by atoms with Gasteiger partial charge in [-0.05, 0) is 12.5 Å². The molecule has 3 rings (SSSR count). The predicted octanol–water partition coefficient (Wildman–Crippen LogP) is 0.855.